The van der Waals surface area contributed by atoms with Crippen molar-refractivity contribution in [3.63, 3.8) is 0 Å². The van der Waals surface area contributed by atoms with Crippen LogP contribution in [-0.4, -0.2) is 20.0 Å². The van der Waals surface area contributed by atoms with Crippen LogP contribution in [-0.2, 0) is 0 Å². The van der Waals surface area contributed by atoms with Crippen molar-refractivity contribution < 1.29 is 0 Å². The largest absolute Gasteiger partial charge is 0.110 e. The first-order chi connectivity index (χ1) is 4.68. The number of hydrogen-bond acceptors (Lipinski definition) is 0. The lowest BCUT2D eigenvalue weighted by Crippen LogP contribution is -1.54. The van der Waals surface area contributed by atoms with Crippen molar-refractivity contribution >= 4 is 55.7 Å². The first-order valence-corrected chi connectivity index (χ1v) is 17.2. The van der Waals surface area contributed by atoms with E-state index in [9.17, 15) is 0 Å². The Labute approximate surface area is 75.8 Å². The maximum Gasteiger partial charge on any atom is -0.0366 e. The minimum atomic E-state index is 0.407. The molecular weight excluding hydrogens is 253 g/mol. The summed E-state index contributed by atoms with van der Waals surface area (Å²) in [5, 5.41) is 0. The van der Waals surface area contributed by atoms with Crippen molar-refractivity contribution in [3.8, 4) is 0 Å². The molecule has 0 heterocycles. The smallest absolute Gasteiger partial charge is 0.0366 e. The molecule has 0 fully saturated rings. The summed E-state index contributed by atoms with van der Waals surface area (Å²) in [6, 6.07) is 0. The van der Waals surface area contributed by atoms with E-state index in [4.69, 9.17) is 0 Å². The van der Waals surface area contributed by atoms with Gasteiger partial charge in [-0.25, -0.2) is 0 Å². The van der Waals surface area contributed by atoms with Gasteiger partial charge in [-0.15, -0.1) is 8.93 Å². The Hall–Kier alpha value is 3.01. The molecule has 6 atom stereocenters. The third-order valence-corrected chi connectivity index (χ3v) is 31.5. The Morgan fingerprint density at radius 3 is 2.10 bits per heavy atom. The summed E-state index contributed by atoms with van der Waals surface area (Å²) in [6.45, 7) is 7.32. The molecule has 0 saturated heterocycles. The molecule has 0 aromatic rings. The third kappa shape index (κ3) is 7.65. The molecule has 0 aliphatic carbocycles. The molecule has 0 saturated carbocycles. The minimum absolute atomic E-state index is 0.407. The zero-order chi connectivity index (χ0) is 7.98. The first-order valence-electron chi connectivity index (χ1n) is 2.80. The Morgan fingerprint density at radius 1 is 1.10 bits per heavy atom. The zero-order valence-electron chi connectivity index (χ0n) is 6.47. The molecule has 0 aliphatic heterocycles. The molecule has 0 aromatic carbocycles. The van der Waals surface area contributed by atoms with Gasteiger partial charge in [-0.2, -0.15) is 0 Å². The van der Waals surface area contributed by atoms with E-state index in [1.807, 2.05) is 0 Å². The lowest BCUT2D eigenvalue weighted by molar-refractivity contribution is 2.28. The summed E-state index contributed by atoms with van der Waals surface area (Å²) < 4.78 is 0. The standard InChI is InChI=1S/C3H15P7/c1-9(2)10(3)8-7-6-5-4/h5-8H,4H2,1-3H3. The molecule has 0 bridgehead atoms. The van der Waals surface area contributed by atoms with Crippen molar-refractivity contribution in [2.45, 2.75) is 0 Å². The Balaban J connectivity index is 3.13. The average Bonchev–Trinajstić information content (AvgIpc) is 1.88. The molecule has 0 spiro atoms. The molecule has 0 radical (unpaired) electrons. The maximum absolute atomic E-state index is 2.85. The highest BCUT2D eigenvalue weighted by atomic mass is 32.8. The van der Waals surface area contributed by atoms with Crippen LogP contribution in [0.3, 0.4) is 0 Å². The van der Waals surface area contributed by atoms with Crippen molar-refractivity contribution in [1.82, 2.24) is 0 Å². The van der Waals surface area contributed by atoms with Gasteiger partial charge >= 0.3 is 0 Å². The van der Waals surface area contributed by atoms with Crippen LogP contribution in [0, 0.1) is 0 Å². The molecule has 6 unspecified atom stereocenters. The topological polar surface area (TPSA) is 0 Å². The van der Waals surface area contributed by atoms with Crippen LogP contribution in [0.25, 0.3) is 0 Å². The van der Waals surface area contributed by atoms with E-state index in [2.05, 4.69) is 28.9 Å². The number of rotatable bonds is 5. The molecule has 0 rings (SSSR count). The van der Waals surface area contributed by atoms with Gasteiger partial charge in [-0.3, -0.25) is 0 Å². The summed E-state index contributed by atoms with van der Waals surface area (Å²) in [4.78, 5) is 0. The molecular formula is C3H15P7. The van der Waals surface area contributed by atoms with E-state index >= 15 is 0 Å². The fraction of sp³-hybridized carbons (Fsp3) is 1.00. The van der Waals surface area contributed by atoms with E-state index in [0.29, 0.717) is 14.9 Å². The SMILES string of the molecule is CP(C)P(C)PPPPP. The fourth-order valence-corrected chi connectivity index (χ4v) is 34.3. The van der Waals surface area contributed by atoms with Gasteiger partial charge in [0.15, 0.2) is 0 Å². The molecule has 0 amide bonds. The van der Waals surface area contributed by atoms with Crippen LogP contribution >= 0.6 is 55.7 Å². The fourth-order valence-electron chi connectivity index (χ4n) is 0.245. The van der Waals surface area contributed by atoms with E-state index < -0.39 is 0 Å². The summed E-state index contributed by atoms with van der Waals surface area (Å²) >= 11 is 0. The number of hydrogen-bond donors (Lipinski definition) is 0. The van der Waals surface area contributed by atoms with Crippen LogP contribution in [0.2, 0.25) is 0 Å². The van der Waals surface area contributed by atoms with Gasteiger partial charge in [0.1, 0.15) is 0 Å². The first kappa shape index (κ1) is 13.0. The summed E-state index contributed by atoms with van der Waals surface area (Å²) in [5.41, 5.74) is 0. The quantitative estimate of drug-likeness (QED) is 0.490. The van der Waals surface area contributed by atoms with Gasteiger partial charge in [0.05, 0.1) is 0 Å². The molecule has 7 heteroatoms. The second-order valence-corrected chi connectivity index (χ2v) is 25.1. The van der Waals surface area contributed by atoms with Crippen LogP contribution in [0.5, 0.6) is 0 Å². The van der Waals surface area contributed by atoms with Gasteiger partial charge in [-0.05, 0) is 20.0 Å². The van der Waals surface area contributed by atoms with Crippen molar-refractivity contribution in [3.05, 3.63) is 0 Å². The van der Waals surface area contributed by atoms with Gasteiger partial charge < -0.3 is 0 Å². The Morgan fingerprint density at radius 2 is 1.70 bits per heavy atom. The summed E-state index contributed by atoms with van der Waals surface area (Å²) in [7, 11) is 8.72. The second kappa shape index (κ2) is 8.60. The van der Waals surface area contributed by atoms with Crippen LogP contribution in [0.1, 0.15) is 0 Å². The zero-order valence-corrected chi connectivity index (χ0v) is 13.4. The highest BCUT2D eigenvalue weighted by Crippen LogP contribution is 2.84. The van der Waals surface area contributed by atoms with Crippen LogP contribution in [0.4, 0.5) is 0 Å². The lowest BCUT2D eigenvalue weighted by Gasteiger charge is -2.15. The summed E-state index contributed by atoms with van der Waals surface area (Å²) in [6.07, 6.45) is 0. The normalized spacial score (nSPS) is 18.9. The highest BCUT2D eigenvalue weighted by molar-refractivity contribution is 8.82. The second-order valence-electron chi connectivity index (χ2n) is 1.88. The van der Waals surface area contributed by atoms with Gasteiger partial charge in [0.25, 0.3) is 0 Å². The third-order valence-electron chi connectivity index (χ3n) is 0.952. The molecule has 62 valence electrons. The van der Waals surface area contributed by atoms with Crippen molar-refractivity contribution in [2.75, 3.05) is 20.0 Å². The molecule has 0 N–H and O–H groups in total. The molecule has 0 nitrogen and oxygen atoms in total. The monoisotopic (exact) mass is 268 g/mol. The van der Waals surface area contributed by atoms with Crippen LogP contribution in [0.15, 0.2) is 0 Å². The average molecular weight is 268 g/mol. The van der Waals surface area contributed by atoms with Gasteiger partial charge in [0, 0.05) is 0 Å². The highest BCUT2D eigenvalue weighted by Gasteiger charge is 2.03. The van der Waals surface area contributed by atoms with E-state index in [1.165, 1.54) is 23.9 Å². The summed E-state index contributed by atoms with van der Waals surface area (Å²) in [5.74, 6) is 0. The van der Waals surface area contributed by atoms with Crippen LogP contribution < -0.4 is 0 Å². The van der Waals surface area contributed by atoms with Crippen molar-refractivity contribution in [2.24, 2.45) is 0 Å². The molecule has 10 heavy (non-hydrogen) atoms. The molecule has 0 aromatic heterocycles. The van der Waals surface area contributed by atoms with E-state index in [1.54, 1.807) is 0 Å². The lowest BCUT2D eigenvalue weighted by atomic mass is 11.9. The van der Waals surface area contributed by atoms with Gasteiger partial charge in [-0.1, -0.05) is 46.7 Å². The predicted octanol–water partition coefficient (Wildman–Crippen LogP) is 4.92. The minimum Gasteiger partial charge on any atom is -0.110 e. The Bertz CT molecular complexity index is 73.3. The molecule has 0 aliphatic rings. The Kier molecular flexibility index (Phi) is 11.2. The van der Waals surface area contributed by atoms with Crippen molar-refractivity contribution in [1.29, 1.82) is 0 Å². The predicted molar refractivity (Wildman–Crippen MR) is 74.6 cm³/mol. The van der Waals surface area contributed by atoms with Gasteiger partial charge in [0.2, 0.25) is 0 Å². The van der Waals surface area contributed by atoms with E-state index in [-0.39, 0.29) is 0 Å². The van der Waals surface area contributed by atoms with E-state index in [0.717, 1.165) is 7.96 Å². The maximum atomic E-state index is 2.85.